The van der Waals surface area contributed by atoms with Gasteiger partial charge in [-0.25, -0.2) is 4.42 Å². The second-order valence-corrected chi connectivity index (χ2v) is 2.53. The minimum atomic E-state index is 0.0827. The van der Waals surface area contributed by atoms with E-state index < -0.39 is 0 Å². The molecular weight excluding hydrogens is 148 g/mol. The van der Waals surface area contributed by atoms with Crippen molar-refractivity contribution in [2.45, 2.75) is 6.92 Å². The molecule has 0 bridgehead atoms. The van der Waals surface area contributed by atoms with Crippen molar-refractivity contribution in [1.29, 1.82) is 0 Å². The highest BCUT2D eigenvalue weighted by molar-refractivity contribution is 6.22. The molecule has 0 aliphatic carbocycles. The van der Waals surface area contributed by atoms with E-state index in [0.29, 0.717) is 0 Å². The molecule has 4 heteroatoms. The summed E-state index contributed by atoms with van der Waals surface area (Å²) in [6.45, 7) is 1.85. The quantitative estimate of drug-likeness (QED) is 0.414. The molecule has 0 unspecified atom stereocenters. The van der Waals surface area contributed by atoms with Gasteiger partial charge in [-0.2, -0.15) is 0 Å². The lowest BCUT2D eigenvalue weighted by Gasteiger charge is -1.88. The molecule has 50 valence electrons. The second kappa shape index (κ2) is 1.98. The van der Waals surface area contributed by atoms with Crippen LogP contribution in [0.15, 0.2) is 16.7 Å². The van der Waals surface area contributed by atoms with Crippen molar-refractivity contribution in [3.63, 3.8) is 0 Å². The molecule has 1 aliphatic heterocycles. The van der Waals surface area contributed by atoms with Crippen molar-refractivity contribution in [3.8, 4) is 11.5 Å². The molecule has 1 aromatic rings. The van der Waals surface area contributed by atoms with Gasteiger partial charge in [0, 0.05) is 0 Å². The van der Waals surface area contributed by atoms with Crippen LogP contribution in [-0.2, 0) is 0 Å². The second-order valence-electron chi connectivity index (χ2n) is 1.96. The maximum Gasteiger partial charge on any atom is 0.610 e. The van der Waals surface area contributed by atoms with Crippen molar-refractivity contribution >= 4 is 10.0 Å². The fraction of sp³-hybridized carbons (Fsp3) is 0.167. The molecule has 0 aromatic carbocycles. The molecule has 0 saturated carbocycles. The van der Waals surface area contributed by atoms with Gasteiger partial charge in [0.25, 0.3) is 0 Å². The van der Waals surface area contributed by atoms with Crippen LogP contribution in [-0.4, -0.2) is 10.0 Å². The first-order chi connectivity index (χ1) is 4.88. The molecule has 1 aromatic heterocycles. The highest BCUT2D eigenvalue weighted by atomic mass is 28.3. The van der Waals surface area contributed by atoms with E-state index in [1.54, 1.807) is 12.3 Å². The van der Waals surface area contributed by atoms with Crippen LogP contribution in [0.25, 0.3) is 0 Å². The van der Waals surface area contributed by atoms with Gasteiger partial charge in [-0.1, -0.05) is 0 Å². The van der Waals surface area contributed by atoms with Crippen LogP contribution in [0.5, 0.6) is 11.5 Å². The van der Waals surface area contributed by atoms with E-state index in [1.165, 1.54) is 0 Å². The first kappa shape index (κ1) is 5.73. The third kappa shape index (κ3) is 0.690. The average molecular weight is 153 g/mol. The van der Waals surface area contributed by atoms with Gasteiger partial charge < -0.3 is 8.85 Å². The van der Waals surface area contributed by atoms with Gasteiger partial charge in [-0.15, -0.1) is 0 Å². The lowest BCUT2D eigenvalue weighted by molar-refractivity contribution is 0.478. The number of aryl methyl sites for hydroxylation is 1. The zero-order valence-corrected chi connectivity index (χ0v) is 6.38. The Kier molecular flexibility index (Phi) is 1.14. The van der Waals surface area contributed by atoms with E-state index >= 15 is 0 Å². The van der Waals surface area contributed by atoms with Crippen molar-refractivity contribution in [1.82, 2.24) is 0 Å². The monoisotopic (exact) mass is 153 g/mol. The molecule has 0 spiro atoms. The van der Waals surface area contributed by atoms with Gasteiger partial charge in [0.05, 0.1) is 13.0 Å². The molecular formula is C6H5O3Si+. The summed E-state index contributed by atoms with van der Waals surface area (Å²) in [6.07, 6.45) is 1.59. The van der Waals surface area contributed by atoms with Crippen LogP contribution in [0.2, 0.25) is 0 Å². The Hall–Kier alpha value is -1.03. The fourth-order valence-electron chi connectivity index (χ4n) is 0.811. The lowest BCUT2D eigenvalue weighted by atomic mass is 10.3. The molecule has 0 atom stereocenters. The molecule has 0 N–H and O–H groups in total. The number of rotatable bonds is 0. The molecule has 2 radical (unpaired) electrons. The van der Waals surface area contributed by atoms with Crippen molar-refractivity contribution < 1.29 is 13.3 Å². The minimum absolute atomic E-state index is 0.0827. The Balaban J connectivity index is 2.59. The summed E-state index contributed by atoms with van der Waals surface area (Å²) in [5.41, 5.74) is 0. The Labute approximate surface area is 60.6 Å². The number of hydrogen-bond donors (Lipinski definition) is 0. The molecule has 0 amide bonds. The standard InChI is InChI=1S/C6H5O3Si/c1-4-6-5(2-3-7-4)8-10-9-6/h2-3H,1H3/q+1. The van der Waals surface area contributed by atoms with Crippen molar-refractivity contribution in [3.05, 3.63) is 18.1 Å². The summed E-state index contributed by atoms with van der Waals surface area (Å²) in [6, 6.07) is 1.75. The summed E-state index contributed by atoms with van der Waals surface area (Å²) < 4.78 is 15.3. The van der Waals surface area contributed by atoms with Gasteiger partial charge in [0.15, 0.2) is 5.75 Å². The van der Waals surface area contributed by atoms with Gasteiger partial charge in [0.1, 0.15) is 0 Å². The maximum absolute atomic E-state index is 5.14. The van der Waals surface area contributed by atoms with E-state index in [0.717, 1.165) is 17.3 Å². The summed E-state index contributed by atoms with van der Waals surface area (Å²) in [5, 5.41) is 0. The molecule has 2 heterocycles. The minimum Gasteiger partial charge on any atom is -0.504 e. The van der Waals surface area contributed by atoms with E-state index in [9.17, 15) is 0 Å². The normalized spacial score (nSPS) is 13.7. The topological polar surface area (TPSA) is 29.8 Å². The maximum atomic E-state index is 5.14. The Morgan fingerprint density at radius 2 is 2.40 bits per heavy atom. The van der Waals surface area contributed by atoms with E-state index in [-0.39, 0.29) is 10.0 Å². The summed E-state index contributed by atoms with van der Waals surface area (Å²) in [5.74, 6) is 2.28. The zero-order valence-electron chi connectivity index (χ0n) is 5.38. The molecule has 10 heavy (non-hydrogen) atoms. The van der Waals surface area contributed by atoms with Gasteiger partial charge in [-0.3, -0.25) is 0 Å². The molecule has 2 rings (SSSR count). The zero-order chi connectivity index (χ0) is 6.97. The third-order valence-corrected chi connectivity index (χ3v) is 1.89. The largest absolute Gasteiger partial charge is 0.610 e. The summed E-state index contributed by atoms with van der Waals surface area (Å²) in [4.78, 5) is 0. The molecule has 3 nitrogen and oxygen atoms in total. The predicted molar refractivity (Wildman–Crippen MR) is 34.9 cm³/mol. The molecule has 0 saturated heterocycles. The number of fused-ring (bicyclic) bond motifs is 1. The van der Waals surface area contributed by atoms with E-state index in [2.05, 4.69) is 0 Å². The molecule has 1 aliphatic rings. The summed E-state index contributed by atoms with van der Waals surface area (Å²) in [7, 11) is 0.0827. The van der Waals surface area contributed by atoms with Crippen molar-refractivity contribution in [2.24, 2.45) is 0 Å². The van der Waals surface area contributed by atoms with Crippen LogP contribution in [0.1, 0.15) is 5.76 Å². The highest BCUT2D eigenvalue weighted by Gasteiger charge is 2.25. The van der Waals surface area contributed by atoms with Gasteiger partial charge in [-0.05, 0) is 0 Å². The first-order valence-electron chi connectivity index (χ1n) is 2.88. The Morgan fingerprint density at radius 1 is 1.50 bits per heavy atom. The Bertz CT molecular complexity index is 261. The van der Waals surface area contributed by atoms with Crippen LogP contribution >= 0.6 is 0 Å². The highest BCUT2D eigenvalue weighted by Crippen LogP contribution is 2.33. The van der Waals surface area contributed by atoms with E-state index in [1.807, 2.05) is 6.92 Å². The average Bonchev–Trinajstić information content (AvgIpc) is 2.36. The Morgan fingerprint density at radius 3 is 3.20 bits per heavy atom. The number of hydrogen-bond acceptors (Lipinski definition) is 2. The lowest BCUT2D eigenvalue weighted by Crippen LogP contribution is -2.00. The smallest absolute Gasteiger partial charge is 0.504 e. The van der Waals surface area contributed by atoms with Crippen molar-refractivity contribution in [2.75, 3.05) is 0 Å². The predicted octanol–water partition coefficient (Wildman–Crippen LogP) is 1.17. The first-order valence-corrected chi connectivity index (χ1v) is 3.69. The van der Waals surface area contributed by atoms with Crippen LogP contribution in [0.4, 0.5) is 0 Å². The SMILES string of the molecule is Cc1[o+]ccc2c1O[Si]O2. The van der Waals surface area contributed by atoms with Gasteiger partial charge in [0.2, 0.25) is 5.75 Å². The van der Waals surface area contributed by atoms with E-state index in [4.69, 9.17) is 13.3 Å². The third-order valence-electron chi connectivity index (χ3n) is 1.30. The fourth-order valence-corrected chi connectivity index (χ4v) is 1.43. The summed E-state index contributed by atoms with van der Waals surface area (Å²) >= 11 is 0. The van der Waals surface area contributed by atoms with Gasteiger partial charge >= 0.3 is 22.0 Å². The van der Waals surface area contributed by atoms with Crippen LogP contribution in [0, 0.1) is 6.92 Å². The van der Waals surface area contributed by atoms with Crippen LogP contribution < -0.4 is 8.85 Å². The van der Waals surface area contributed by atoms with Crippen LogP contribution in [0.3, 0.4) is 0 Å². The molecule has 0 fully saturated rings.